The molecule has 0 atom stereocenters. The van der Waals surface area contributed by atoms with Crippen LogP contribution in [0.25, 0.3) is 0 Å². The van der Waals surface area contributed by atoms with Crippen LogP contribution in [0, 0.1) is 11.3 Å². The Balaban J connectivity index is 0. The average Bonchev–Trinajstić information content (AvgIpc) is 1.31. The van der Waals surface area contributed by atoms with Gasteiger partial charge in [0.2, 0.25) is 0 Å². The van der Waals surface area contributed by atoms with Crippen LogP contribution in [0.5, 0.6) is 0 Å². The van der Waals surface area contributed by atoms with E-state index in [1.165, 1.54) is 5.92 Å². The van der Waals surface area contributed by atoms with E-state index in [0.717, 1.165) is 0 Å². The normalized spacial score (nSPS) is 11.2. The van der Waals surface area contributed by atoms with Crippen molar-refractivity contribution in [3.8, 4) is 0 Å². The second kappa shape index (κ2) is 4.01. The summed E-state index contributed by atoms with van der Waals surface area (Å²) in [4.78, 5) is 0. The molecule has 0 aliphatic carbocycles. The van der Waals surface area contributed by atoms with E-state index < -0.39 is 0 Å². The van der Waals surface area contributed by atoms with Crippen LogP contribution in [0.3, 0.4) is 0 Å². The standard InChI is InChI=1S/C7H15.Y/c1-6(2)7(3,4)5;/h1-5H3;/q-1;+3. The number of hydrogen-bond acceptors (Lipinski definition) is 0. The molecule has 0 nitrogen and oxygen atoms in total. The third-order valence-corrected chi connectivity index (χ3v) is 1.50. The average molecular weight is 188 g/mol. The molecule has 0 aliphatic heterocycles. The van der Waals surface area contributed by atoms with E-state index in [2.05, 4.69) is 34.6 Å². The van der Waals surface area contributed by atoms with Crippen molar-refractivity contribution in [3.63, 3.8) is 0 Å². The van der Waals surface area contributed by atoms with Crippen molar-refractivity contribution >= 4 is 0 Å². The van der Waals surface area contributed by atoms with Gasteiger partial charge in [0.1, 0.15) is 0 Å². The maximum absolute atomic E-state index is 2.22. The fourth-order valence-electron chi connectivity index (χ4n) is 0. The Bertz CT molecular complexity index is 49.9. The Kier molecular flexibility index (Phi) is 5.93. The van der Waals surface area contributed by atoms with Gasteiger partial charge in [-0.3, -0.25) is 0 Å². The van der Waals surface area contributed by atoms with Gasteiger partial charge in [0, 0.05) is 0 Å². The first-order chi connectivity index (χ1) is 2.94. The molecule has 44 valence electrons. The zero-order chi connectivity index (χ0) is 6.08. The molecule has 0 fully saturated rings. The minimum atomic E-state index is 0. The first kappa shape index (κ1) is 11.8. The van der Waals surface area contributed by atoms with Crippen LogP contribution in [-0.4, -0.2) is 0 Å². The van der Waals surface area contributed by atoms with Crippen LogP contribution in [-0.2, 0) is 32.7 Å². The SMILES string of the molecule is C[C-](C)C(C)(C)C.[Y+3]. The topological polar surface area (TPSA) is 0 Å². The molecule has 0 bridgehead atoms. The molecule has 0 N–H and O–H groups in total. The van der Waals surface area contributed by atoms with Crippen molar-refractivity contribution in [2.45, 2.75) is 34.6 Å². The molecule has 0 aromatic carbocycles. The second-order valence-electron chi connectivity index (χ2n) is 3.25. The fourth-order valence-corrected chi connectivity index (χ4v) is 0. The summed E-state index contributed by atoms with van der Waals surface area (Å²) in [6.07, 6.45) is 0. The zero-order valence-corrected chi connectivity index (χ0v) is 9.42. The van der Waals surface area contributed by atoms with Gasteiger partial charge in [-0.15, -0.1) is 0 Å². The van der Waals surface area contributed by atoms with Crippen molar-refractivity contribution in [3.05, 3.63) is 5.92 Å². The summed E-state index contributed by atoms with van der Waals surface area (Å²) < 4.78 is 0. The Morgan fingerprint density at radius 3 is 1.12 bits per heavy atom. The summed E-state index contributed by atoms with van der Waals surface area (Å²) >= 11 is 0. The Morgan fingerprint density at radius 2 is 1.12 bits per heavy atom. The maximum Gasteiger partial charge on any atom is 3.00 e. The molecule has 8 heavy (non-hydrogen) atoms. The molecule has 0 saturated carbocycles. The fraction of sp³-hybridized carbons (Fsp3) is 0.857. The van der Waals surface area contributed by atoms with Gasteiger partial charge in [-0.05, 0) is 0 Å². The van der Waals surface area contributed by atoms with Crippen LogP contribution < -0.4 is 0 Å². The van der Waals surface area contributed by atoms with Crippen molar-refractivity contribution in [1.29, 1.82) is 0 Å². The summed E-state index contributed by atoms with van der Waals surface area (Å²) in [6, 6.07) is 0. The second-order valence-corrected chi connectivity index (χ2v) is 3.25. The van der Waals surface area contributed by atoms with E-state index in [-0.39, 0.29) is 32.7 Å². The molecule has 0 spiro atoms. The molecule has 0 amide bonds. The van der Waals surface area contributed by atoms with Crippen molar-refractivity contribution in [2.75, 3.05) is 0 Å². The first-order valence-corrected chi connectivity index (χ1v) is 2.75. The number of rotatable bonds is 0. The van der Waals surface area contributed by atoms with Crippen LogP contribution >= 0.6 is 0 Å². The van der Waals surface area contributed by atoms with Crippen LogP contribution in [0.15, 0.2) is 0 Å². The first-order valence-electron chi connectivity index (χ1n) is 2.75. The van der Waals surface area contributed by atoms with Gasteiger partial charge in [-0.25, -0.2) is 0 Å². The predicted octanol–water partition coefficient (Wildman–Crippen LogP) is 2.64. The molecular weight excluding hydrogens is 173 g/mol. The monoisotopic (exact) mass is 188 g/mol. The maximum atomic E-state index is 2.22. The van der Waals surface area contributed by atoms with Gasteiger partial charge >= 0.3 is 32.7 Å². The molecule has 1 heteroatoms. The van der Waals surface area contributed by atoms with Gasteiger partial charge in [0.05, 0.1) is 0 Å². The van der Waals surface area contributed by atoms with E-state index in [4.69, 9.17) is 0 Å². The molecule has 0 aromatic heterocycles. The minimum absolute atomic E-state index is 0. The third kappa shape index (κ3) is 5.24. The molecular formula is C7H15Y+2. The zero-order valence-electron chi connectivity index (χ0n) is 6.58. The van der Waals surface area contributed by atoms with E-state index >= 15 is 0 Å². The van der Waals surface area contributed by atoms with E-state index in [1.807, 2.05) is 0 Å². The molecule has 0 rings (SSSR count). The van der Waals surface area contributed by atoms with Crippen LogP contribution in [0.2, 0.25) is 0 Å². The van der Waals surface area contributed by atoms with Crippen molar-refractivity contribution in [1.82, 2.24) is 0 Å². The molecule has 0 aromatic rings. The number of hydrogen-bond donors (Lipinski definition) is 0. The molecule has 0 unspecified atom stereocenters. The summed E-state index contributed by atoms with van der Waals surface area (Å²) in [7, 11) is 0. The quantitative estimate of drug-likeness (QED) is 0.512. The van der Waals surface area contributed by atoms with E-state index in [0.29, 0.717) is 5.41 Å². The van der Waals surface area contributed by atoms with Crippen LogP contribution in [0.1, 0.15) is 34.6 Å². The molecule has 0 radical (unpaired) electrons. The van der Waals surface area contributed by atoms with Gasteiger partial charge in [-0.2, -0.15) is 19.3 Å². The summed E-state index contributed by atoms with van der Waals surface area (Å²) in [5.74, 6) is 1.49. The van der Waals surface area contributed by atoms with Crippen molar-refractivity contribution < 1.29 is 32.7 Å². The largest absolute Gasteiger partial charge is 3.00 e. The Hall–Kier alpha value is 1.10. The molecule has 0 aliphatic rings. The van der Waals surface area contributed by atoms with Gasteiger partial charge in [0.15, 0.2) is 0 Å². The summed E-state index contributed by atoms with van der Waals surface area (Å²) in [5.41, 5.74) is 0.417. The Labute approximate surface area is 78.3 Å². The van der Waals surface area contributed by atoms with E-state index in [9.17, 15) is 0 Å². The molecule has 0 heterocycles. The Morgan fingerprint density at radius 1 is 1.00 bits per heavy atom. The van der Waals surface area contributed by atoms with Gasteiger partial charge in [0.25, 0.3) is 0 Å². The summed E-state index contributed by atoms with van der Waals surface area (Å²) in [5, 5.41) is 0. The van der Waals surface area contributed by atoms with Crippen LogP contribution in [0.4, 0.5) is 0 Å². The predicted molar refractivity (Wildman–Crippen MR) is 34.0 cm³/mol. The van der Waals surface area contributed by atoms with Crippen molar-refractivity contribution in [2.24, 2.45) is 5.41 Å². The van der Waals surface area contributed by atoms with Gasteiger partial charge in [-0.1, -0.05) is 20.8 Å². The van der Waals surface area contributed by atoms with Gasteiger partial charge < -0.3 is 5.92 Å². The van der Waals surface area contributed by atoms with E-state index in [1.54, 1.807) is 0 Å². The minimum Gasteiger partial charge on any atom is -0.314 e. The smallest absolute Gasteiger partial charge is 0.314 e. The molecule has 0 saturated heterocycles. The third-order valence-electron chi connectivity index (χ3n) is 1.50. The summed E-state index contributed by atoms with van der Waals surface area (Å²) in [6.45, 7) is 11.0.